The maximum Gasteiger partial charge on any atom is 0.253 e. The topological polar surface area (TPSA) is 49.6 Å². The van der Waals surface area contributed by atoms with E-state index < -0.39 is 0 Å². The Morgan fingerprint density at radius 3 is 2.04 bits per heavy atom. The summed E-state index contributed by atoms with van der Waals surface area (Å²) in [6.45, 7) is 4.25. The van der Waals surface area contributed by atoms with E-state index in [4.69, 9.17) is 5.73 Å². The zero-order valence-electron chi connectivity index (χ0n) is 13.4. The molecule has 0 atom stereocenters. The van der Waals surface area contributed by atoms with Crippen molar-refractivity contribution in [3.63, 3.8) is 0 Å². The number of halogens is 2. The van der Waals surface area contributed by atoms with Gasteiger partial charge < -0.3 is 15.5 Å². The van der Waals surface area contributed by atoms with Gasteiger partial charge in [-0.05, 0) is 63.0 Å². The van der Waals surface area contributed by atoms with Crippen LogP contribution in [0.3, 0.4) is 0 Å². The molecule has 2 aliphatic heterocycles. The third-order valence-electron chi connectivity index (χ3n) is 4.82. The van der Waals surface area contributed by atoms with Crippen molar-refractivity contribution in [2.75, 3.05) is 31.9 Å². The summed E-state index contributed by atoms with van der Waals surface area (Å²) < 4.78 is 0. The Hall–Kier alpha value is -0.970. The van der Waals surface area contributed by atoms with Crippen LogP contribution in [-0.2, 0) is 0 Å². The first-order valence-corrected chi connectivity index (χ1v) is 8.13. The Morgan fingerprint density at radius 2 is 1.48 bits per heavy atom. The van der Waals surface area contributed by atoms with Crippen LogP contribution in [0.15, 0.2) is 24.3 Å². The van der Waals surface area contributed by atoms with Crippen LogP contribution in [0.1, 0.15) is 42.5 Å². The van der Waals surface area contributed by atoms with Gasteiger partial charge in [0, 0.05) is 30.4 Å². The van der Waals surface area contributed by atoms with Crippen molar-refractivity contribution in [2.45, 2.75) is 38.1 Å². The molecular weight excluding hydrogens is 333 g/mol. The molecule has 0 aliphatic carbocycles. The molecule has 1 aromatic carbocycles. The highest BCUT2D eigenvalue weighted by molar-refractivity contribution is 5.94. The van der Waals surface area contributed by atoms with Crippen LogP contribution in [0.4, 0.5) is 5.69 Å². The van der Waals surface area contributed by atoms with Crippen LogP contribution in [0.25, 0.3) is 0 Å². The monoisotopic (exact) mass is 359 g/mol. The molecular formula is C17H27Cl2N3O. The standard InChI is InChI=1S/C17H25N3O.2ClH/c18-15-6-4-14(5-7-15)17(21)20-12-8-16(9-13-20)19-10-2-1-3-11-19;;/h4-7,16H,1-3,8-13,18H2;2*1H. The van der Waals surface area contributed by atoms with Crippen molar-refractivity contribution < 1.29 is 4.79 Å². The Balaban J connectivity index is 0.00000132. The maximum absolute atomic E-state index is 12.5. The second-order valence-corrected chi connectivity index (χ2v) is 6.24. The Kier molecular flexibility index (Phi) is 8.17. The van der Waals surface area contributed by atoms with Crippen molar-refractivity contribution in [2.24, 2.45) is 0 Å². The van der Waals surface area contributed by atoms with E-state index in [9.17, 15) is 4.79 Å². The zero-order valence-corrected chi connectivity index (χ0v) is 15.1. The van der Waals surface area contributed by atoms with Crippen molar-refractivity contribution in [3.8, 4) is 0 Å². The average molecular weight is 360 g/mol. The fourth-order valence-corrected chi connectivity index (χ4v) is 3.53. The summed E-state index contributed by atoms with van der Waals surface area (Å²) in [5.41, 5.74) is 7.13. The molecule has 0 bridgehead atoms. The van der Waals surface area contributed by atoms with E-state index in [1.807, 2.05) is 17.0 Å². The second kappa shape index (κ2) is 9.36. The number of anilines is 1. The highest BCUT2D eigenvalue weighted by Gasteiger charge is 2.27. The van der Waals surface area contributed by atoms with Crippen LogP contribution < -0.4 is 5.73 Å². The summed E-state index contributed by atoms with van der Waals surface area (Å²) in [6.07, 6.45) is 6.28. The third-order valence-corrected chi connectivity index (χ3v) is 4.82. The number of rotatable bonds is 2. The molecule has 6 heteroatoms. The van der Waals surface area contributed by atoms with Crippen LogP contribution in [0.5, 0.6) is 0 Å². The van der Waals surface area contributed by atoms with Crippen molar-refractivity contribution in [1.82, 2.24) is 9.80 Å². The van der Waals surface area contributed by atoms with E-state index >= 15 is 0 Å². The molecule has 3 rings (SSSR count). The predicted molar refractivity (Wildman–Crippen MR) is 99.7 cm³/mol. The summed E-state index contributed by atoms with van der Waals surface area (Å²) in [6, 6.07) is 7.94. The molecule has 4 nitrogen and oxygen atoms in total. The van der Waals surface area contributed by atoms with E-state index in [0.717, 1.165) is 31.5 Å². The minimum atomic E-state index is 0. The van der Waals surface area contributed by atoms with Gasteiger partial charge >= 0.3 is 0 Å². The highest BCUT2D eigenvalue weighted by atomic mass is 35.5. The van der Waals surface area contributed by atoms with Gasteiger partial charge in [0.2, 0.25) is 0 Å². The predicted octanol–water partition coefficient (Wildman–Crippen LogP) is 3.20. The van der Waals surface area contributed by atoms with E-state index in [0.29, 0.717) is 11.7 Å². The first-order chi connectivity index (χ1) is 10.2. The van der Waals surface area contributed by atoms with Crippen LogP contribution >= 0.6 is 24.8 Å². The molecule has 2 heterocycles. The molecule has 0 aromatic heterocycles. The van der Waals surface area contributed by atoms with E-state index in [-0.39, 0.29) is 30.7 Å². The molecule has 0 unspecified atom stereocenters. The van der Waals surface area contributed by atoms with Gasteiger partial charge in [-0.2, -0.15) is 0 Å². The molecule has 2 aliphatic rings. The van der Waals surface area contributed by atoms with Crippen molar-refractivity contribution in [1.29, 1.82) is 0 Å². The SMILES string of the molecule is Cl.Cl.Nc1ccc(C(=O)N2CCC(N3CCCCC3)CC2)cc1. The molecule has 1 amide bonds. The minimum absolute atomic E-state index is 0. The van der Waals surface area contributed by atoms with Crippen LogP contribution in [-0.4, -0.2) is 47.9 Å². The number of piperidine rings is 2. The second-order valence-electron chi connectivity index (χ2n) is 6.24. The highest BCUT2D eigenvalue weighted by Crippen LogP contribution is 2.22. The summed E-state index contributed by atoms with van der Waals surface area (Å²) in [5.74, 6) is 0.145. The van der Waals surface area contributed by atoms with E-state index in [2.05, 4.69) is 4.90 Å². The molecule has 2 N–H and O–H groups in total. The molecule has 130 valence electrons. The summed E-state index contributed by atoms with van der Waals surface area (Å²) in [5, 5.41) is 0. The number of likely N-dealkylation sites (tertiary alicyclic amines) is 2. The smallest absolute Gasteiger partial charge is 0.253 e. The quantitative estimate of drug-likeness (QED) is 0.824. The fraction of sp³-hybridized carbons (Fsp3) is 0.588. The summed E-state index contributed by atoms with van der Waals surface area (Å²) in [7, 11) is 0. The number of amides is 1. The molecule has 0 radical (unpaired) electrons. The average Bonchev–Trinajstić information content (AvgIpc) is 2.56. The number of carbonyl (C=O) groups is 1. The molecule has 2 saturated heterocycles. The lowest BCUT2D eigenvalue weighted by atomic mass is 9.99. The first-order valence-electron chi connectivity index (χ1n) is 8.13. The molecule has 0 saturated carbocycles. The van der Waals surface area contributed by atoms with Crippen LogP contribution in [0.2, 0.25) is 0 Å². The minimum Gasteiger partial charge on any atom is -0.399 e. The molecule has 23 heavy (non-hydrogen) atoms. The van der Waals surface area contributed by atoms with Crippen molar-refractivity contribution >= 4 is 36.4 Å². The summed E-state index contributed by atoms with van der Waals surface area (Å²) >= 11 is 0. The molecule has 2 fully saturated rings. The Labute approximate surface area is 151 Å². The fourth-order valence-electron chi connectivity index (χ4n) is 3.53. The lowest BCUT2D eigenvalue weighted by Crippen LogP contribution is -2.48. The van der Waals surface area contributed by atoms with Gasteiger partial charge in [-0.25, -0.2) is 0 Å². The Morgan fingerprint density at radius 1 is 0.913 bits per heavy atom. The lowest BCUT2D eigenvalue weighted by molar-refractivity contribution is 0.0590. The van der Waals surface area contributed by atoms with Gasteiger partial charge in [-0.3, -0.25) is 4.79 Å². The van der Waals surface area contributed by atoms with Gasteiger partial charge in [0.05, 0.1) is 0 Å². The third kappa shape index (κ3) is 5.00. The number of carbonyl (C=O) groups excluding carboxylic acids is 1. The maximum atomic E-state index is 12.5. The van der Waals surface area contributed by atoms with Gasteiger partial charge in [0.1, 0.15) is 0 Å². The van der Waals surface area contributed by atoms with Gasteiger partial charge in [0.25, 0.3) is 5.91 Å². The number of hydrogen-bond acceptors (Lipinski definition) is 3. The first kappa shape index (κ1) is 20.1. The Bertz CT molecular complexity index is 481. The zero-order chi connectivity index (χ0) is 14.7. The largest absolute Gasteiger partial charge is 0.399 e. The number of nitrogens with two attached hydrogens (primary N) is 1. The number of nitrogens with zero attached hydrogens (tertiary/aromatic N) is 2. The van der Waals surface area contributed by atoms with Crippen molar-refractivity contribution in [3.05, 3.63) is 29.8 Å². The van der Waals surface area contributed by atoms with Gasteiger partial charge in [-0.1, -0.05) is 6.42 Å². The lowest BCUT2D eigenvalue weighted by Gasteiger charge is -2.40. The molecule has 1 aromatic rings. The number of benzene rings is 1. The summed E-state index contributed by atoms with van der Waals surface area (Å²) in [4.78, 5) is 17.1. The van der Waals surface area contributed by atoms with Gasteiger partial charge in [-0.15, -0.1) is 24.8 Å². The van der Waals surface area contributed by atoms with Crippen LogP contribution in [0, 0.1) is 0 Å². The van der Waals surface area contributed by atoms with E-state index in [1.165, 1.54) is 32.4 Å². The number of nitrogen functional groups attached to an aromatic ring is 1. The number of hydrogen-bond donors (Lipinski definition) is 1. The molecule has 0 spiro atoms. The normalized spacial score (nSPS) is 19.6. The van der Waals surface area contributed by atoms with E-state index in [1.54, 1.807) is 12.1 Å². The van der Waals surface area contributed by atoms with Gasteiger partial charge in [0.15, 0.2) is 0 Å².